The van der Waals surface area contributed by atoms with Crippen LogP contribution in [0.5, 0.6) is 0 Å². The van der Waals surface area contributed by atoms with Gasteiger partial charge in [0, 0.05) is 0 Å². The van der Waals surface area contributed by atoms with Gasteiger partial charge in [0.25, 0.3) is 0 Å². The molecule has 18 valence electrons. The van der Waals surface area contributed by atoms with Crippen molar-refractivity contribution in [1.29, 1.82) is 0 Å². The normalized spacial score (nSPS) is 7.00. The van der Waals surface area contributed by atoms with Crippen molar-refractivity contribution >= 4 is 16.0 Å². The molecule has 0 heterocycles. The predicted octanol–water partition coefficient (Wildman–Crippen LogP) is -1.75. The van der Waals surface area contributed by atoms with Gasteiger partial charge in [-0.05, 0) is 0 Å². The van der Waals surface area contributed by atoms with Crippen molar-refractivity contribution in [1.82, 2.24) is 10.7 Å². The summed E-state index contributed by atoms with van der Waals surface area (Å²) in [6.45, 7) is 0. The summed E-state index contributed by atoms with van der Waals surface area (Å²) in [5, 5.41) is 3.92. The van der Waals surface area contributed by atoms with E-state index < -0.39 is 0 Å². The molecule has 0 aromatic rings. The monoisotopic (exact) mass is 52.0 g/mol. The Bertz CT molecular complexity index is 6.00. The Balaban J connectivity index is 1.97. The Labute approximate surface area is 27.8 Å². The second-order valence-corrected chi connectivity index (χ2v) is 0.289. The van der Waals surface area contributed by atoms with Gasteiger partial charge >= 0.3 is 0 Å². The maximum absolute atomic E-state index is 4.54. The van der Waals surface area contributed by atoms with Gasteiger partial charge in [-0.1, -0.05) is 0 Å². The minimum absolute atomic E-state index is 1.96. The van der Waals surface area contributed by atoms with Gasteiger partial charge in [-0.3, -0.25) is 0 Å². The summed E-state index contributed by atoms with van der Waals surface area (Å²) in [6, 6.07) is 0. The molecule has 0 aromatic carbocycles. The van der Waals surface area contributed by atoms with Gasteiger partial charge in [-0.15, -0.1) is 0 Å². The number of rotatable bonds is 1. The van der Waals surface area contributed by atoms with Crippen LogP contribution >= 0.6 is 0 Å². The van der Waals surface area contributed by atoms with E-state index in [2.05, 4.69) is 16.0 Å². The SMILES string of the molecule is [B]NN[B]. The summed E-state index contributed by atoms with van der Waals surface area (Å²) in [5.41, 5.74) is 0. The fraction of sp³-hybridized carbons (Fsp3) is 0. The van der Waals surface area contributed by atoms with Crippen LogP contribution in [0.15, 0.2) is 0 Å². The molecular weight excluding hydrogens is 49.6 g/mol. The molecule has 0 bridgehead atoms. The molecule has 4 heteroatoms. The van der Waals surface area contributed by atoms with Crippen molar-refractivity contribution in [3.8, 4) is 0 Å². The number of hydrazine groups is 1. The number of hydrogen-bond acceptors (Lipinski definition) is 2. The van der Waals surface area contributed by atoms with E-state index in [-0.39, 0.29) is 0 Å². The van der Waals surface area contributed by atoms with E-state index in [0.717, 1.165) is 0 Å². The molecule has 4 heavy (non-hydrogen) atoms. The van der Waals surface area contributed by atoms with E-state index in [0.29, 0.717) is 0 Å². The number of hydrogen-bond donors (Lipinski definition) is 2. The average Bonchev–Trinajstić information content (AvgIpc) is 1.37. The first-order valence-corrected chi connectivity index (χ1v) is 0.827. The van der Waals surface area contributed by atoms with Gasteiger partial charge < -0.3 is 10.7 Å². The zero-order valence-electron chi connectivity index (χ0n) is 2.15. The third-order valence-corrected chi connectivity index (χ3v) is 0.0833. The summed E-state index contributed by atoms with van der Waals surface area (Å²) in [6.07, 6.45) is 0. The van der Waals surface area contributed by atoms with Crippen LogP contribution in [0.1, 0.15) is 0 Å². The molecule has 0 aliphatic heterocycles. The Morgan fingerprint density at radius 2 is 1.25 bits per heavy atom. The first-order valence-electron chi connectivity index (χ1n) is 0.827. The van der Waals surface area contributed by atoms with Crippen molar-refractivity contribution in [3.63, 3.8) is 0 Å². The second kappa shape index (κ2) is 3.05. The maximum Gasteiger partial charge on any atom is 0.200 e. The minimum Gasteiger partial charge on any atom is -0.322 e. The zero-order chi connectivity index (χ0) is 3.41. The quantitative estimate of drug-likeness (QED) is 0.273. The second-order valence-electron chi connectivity index (χ2n) is 0.289. The summed E-state index contributed by atoms with van der Waals surface area (Å²) in [7, 11) is 9.08. The van der Waals surface area contributed by atoms with E-state index in [9.17, 15) is 0 Å². The molecule has 0 unspecified atom stereocenters. The van der Waals surface area contributed by atoms with E-state index in [4.69, 9.17) is 0 Å². The third-order valence-electron chi connectivity index (χ3n) is 0.0833. The van der Waals surface area contributed by atoms with Crippen molar-refractivity contribution < 1.29 is 0 Å². The molecule has 4 radical (unpaired) electrons. The van der Waals surface area contributed by atoms with Crippen molar-refractivity contribution in [2.24, 2.45) is 0 Å². The van der Waals surface area contributed by atoms with Gasteiger partial charge in [-0.25, -0.2) is 0 Å². The van der Waals surface area contributed by atoms with Gasteiger partial charge in [0.15, 0.2) is 16.0 Å². The Kier molecular flexibility index (Phi) is 3.09. The molecule has 0 rings (SSSR count). The zero-order valence-corrected chi connectivity index (χ0v) is 2.15. The fourth-order valence-corrected chi connectivity index (χ4v) is 0. The first-order chi connectivity index (χ1) is 1.91. The van der Waals surface area contributed by atoms with E-state index in [1.54, 1.807) is 0 Å². The minimum atomic E-state index is 1.96. The van der Waals surface area contributed by atoms with Crippen molar-refractivity contribution in [2.45, 2.75) is 0 Å². The lowest BCUT2D eigenvalue weighted by atomic mass is 10.4. The van der Waals surface area contributed by atoms with Gasteiger partial charge in [-0.2, -0.15) is 0 Å². The highest BCUT2D eigenvalue weighted by atomic mass is 15.2. The summed E-state index contributed by atoms with van der Waals surface area (Å²) in [4.78, 5) is 0. The Morgan fingerprint density at radius 3 is 1.25 bits per heavy atom. The van der Waals surface area contributed by atoms with E-state index >= 15 is 0 Å². The van der Waals surface area contributed by atoms with Crippen LogP contribution < -0.4 is 10.7 Å². The fourth-order valence-electron chi connectivity index (χ4n) is 0. The van der Waals surface area contributed by atoms with Crippen LogP contribution in [0, 0.1) is 0 Å². The molecule has 0 aliphatic rings. The smallest absolute Gasteiger partial charge is 0.200 e. The van der Waals surface area contributed by atoms with Crippen LogP contribution in [0.3, 0.4) is 0 Å². The van der Waals surface area contributed by atoms with E-state index in [1.165, 1.54) is 0 Å². The largest absolute Gasteiger partial charge is 0.322 e. The highest BCUT2D eigenvalue weighted by Gasteiger charge is 1.47. The standard InChI is InChI=1S/B2H2N2/c1-3-4-2/h3-4H. The molecule has 0 aliphatic carbocycles. The Morgan fingerprint density at radius 1 is 1.00 bits per heavy atom. The molecule has 0 spiro atoms. The molecule has 0 saturated heterocycles. The van der Waals surface area contributed by atoms with Crippen LogP contribution in [0.2, 0.25) is 0 Å². The average molecular weight is 51.7 g/mol. The lowest BCUT2D eigenvalue weighted by Gasteiger charge is -1.82. The van der Waals surface area contributed by atoms with Crippen LogP contribution in [0.25, 0.3) is 0 Å². The predicted molar refractivity (Wildman–Crippen MR) is 17.8 cm³/mol. The number of nitrogens with one attached hydrogen (secondary N) is 2. The van der Waals surface area contributed by atoms with Gasteiger partial charge in [0.1, 0.15) is 0 Å². The molecule has 0 amide bonds. The van der Waals surface area contributed by atoms with Gasteiger partial charge in [0.05, 0.1) is 0 Å². The van der Waals surface area contributed by atoms with Crippen molar-refractivity contribution in [2.75, 3.05) is 0 Å². The van der Waals surface area contributed by atoms with Crippen LogP contribution in [-0.2, 0) is 0 Å². The molecule has 0 fully saturated rings. The summed E-state index contributed by atoms with van der Waals surface area (Å²) in [5.74, 6) is 0. The summed E-state index contributed by atoms with van der Waals surface area (Å²) >= 11 is 0. The molecule has 0 saturated carbocycles. The van der Waals surface area contributed by atoms with Gasteiger partial charge in [0.2, 0.25) is 0 Å². The molecular formula is H2B2N2. The van der Waals surface area contributed by atoms with Crippen LogP contribution in [0.4, 0.5) is 0 Å². The highest BCUT2D eigenvalue weighted by Crippen LogP contribution is 1.01. The van der Waals surface area contributed by atoms with Crippen molar-refractivity contribution in [3.05, 3.63) is 0 Å². The lowest BCUT2D eigenvalue weighted by Crippen LogP contribution is -2.25. The molecule has 2 N–H and O–H groups in total. The maximum atomic E-state index is 4.54. The molecule has 0 atom stereocenters. The van der Waals surface area contributed by atoms with Crippen LogP contribution in [-0.4, -0.2) is 16.0 Å². The summed E-state index contributed by atoms with van der Waals surface area (Å²) < 4.78 is 0. The first kappa shape index (κ1) is 4.05. The van der Waals surface area contributed by atoms with E-state index in [1.807, 2.05) is 10.7 Å². The third kappa shape index (κ3) is 2.05. The topological polar surface area (TPSA) is 24.1 Å². The molecule has 0 aromatic heterocycles. The lowest BCUT2D eigenvalue weighted by molar-refractivity contribution is 0.965. The highest BCUT2D eigenvalue weighted by molar-refractivity contribution is 6.10. The Hall–Kier alpha value is 0.0499. The molecule has 2 nitrogen and oxygen atoms in total.